The minimum absolute atomic E-state index is 0.0574. The highest BCUT2D eigenvalue weighted by atomic mass is 32.2. The molecule has 4 rings (SSSR count). The van der Waals surface area contributed by atoms with Crippen molar-refractivity contribution in [2.24, 2.45) is 0 Å². The SMILES string of the molecule is Bc1ccccc1S(=O)(=O)N1CCN([C@@H]2CN(Cc3ccccc3)C[C@H]2O)CC1. The summed E-state index contributed by atoms with van der Waals surface area (Å²) >= 11 is 0. The fourth-order valence-electron chi connectivity index (χ4n) is 4.44. The maximum atomic E-state index is 13.0. The first-order valence-electron chi connectivity index (χ1n) is 10.2. The lowest BCUT2D eigenvalue weighted by atomic mass is 9.97. The number of hydrogen-bond donors (Lipinski definition) is 1. The number of rotatable bonds is 5. The maximum absolute atomic E-state index is 13.0. The van der Waals surface area contributed by atoms with Gasteiger partial charge in [0.15, 0.2) is 0 Å². The minimum atomic E-state index is -3.47. The van der Waals surface area contributed by atoms with E-state index in [4.69, 9.17) is 0 Å². The average Bonchev–Trinajstić information content (AvgIpc) is 3.09. The van der Waals surface area contributed by atoms with Crippen molar-refractivity contribution in [2.75, 3.05) is 39.3 Å². The van der Waals surface area contributed by atoms with Gasteiger partial charge in [0.05, 0.1) is 11.0 Å². The van der Waals surface area contributed by atoms with Crippen molar-refractivity contribution in [3.63, 3.8) is 0 Å². The van der Waals surface area contributed by atoms with Crippen LogP contribution in [-0.4, -0.2) is 86.9 Å². The molecule has 2 aromatic carbocycles. The highest BCUT2D eigenvalue weighted by molar-refractivity contribution is 7.89. The smallest absolute Gasteiger partial charge is 0.242 e. The summed E-state index contributed by atoms with van der Waals surface area (Å²) in [5.74, 6) is 0. The van der Waals surface area contributed by atoms with Crippen LogP contribution in [0.15, 0.2) is 59.5 Å². The van der Waals surface area contributed by atoms with Crippen LogP contribution in [0.2, 0.25) is 0 Å². The first-order chi connectivity index (χ1) is 13.9. The number of nitrogens with zero attached hydrogens (tertiary/aromatic N) is 3. The summed E-state index contributed by atoms with van der Waals surface area (Å²) in [5.41, 5.74) is 2.02. The third-order valence-corrected chi connectivity index (χ3v) is 8.10. The molecule has 0 bridgehead atoms. The van der Waals surface area contributed by atoms with Crippen molar-refractivity contribution in [3.8, 4) is 0 Å². The number of β-amino-alcohol motifs (C(OH)–C–C–N with tert-alkyl or cyclic N) is 1. The predicted molar refractivity (Wildman–Crippen MR) is 116 cm³/mol. The van der Waals surface area contributed by atoms with Gasteiger partial charge in [0.2, 0.25) is 10.0 Å². The van der Waals surface area contributed by atoms with E-state index in [9.17, 15) is 13.5 Å². The van der Waals surface area contributed by atoms with Gasteiger partial charge in [0.1, 0.15) is 7.85 Å². The first kappa shape index (κ1) is 20.6. The monoisotopic (exact) mass is 413 g/mol. The van der Waals surface area contributed by atoms with Crippen LogP contribution in [-0.2, 0) is 16.6 Å². The van der Waals surface area contributed by atoms with Crippen molar-refractivity contribution in [1.29, 1.82) is 0 Å². The molecule has 2 aliphatic heterocycles. The summed E-state index contributed by atoms with van der Waals surface area (Å²) in [4.78, 5) is 4.92. The Balaban J connectivity index is 1.36. The Morgan fingerprint density at radius 2 is 1.59 bits per heavy atom. The van der Waals surface area contributed by atoms with Crippen LogP contribution >= 0.6 is 0 Å². The molecule has 29 heavy (non-hydrogen) atoms. The number of likely N-dealkylation sites (tertiary alicyclic amines) is 1. The molecule has 2 saturated heterocycles. The summed E-state index contributed by atoms with van der Waals surface area (Å²) in [6.45, 7) is 4.49. The molecule has 0 saturated carbocycles. The zero-order valence-electron chi connectivity index (χ0n) is 16.8. The Morgan fingerprint density at radius 3 is 2.28 bits per heavy atom. The van der Waals surface area contributed by atoms with E-state index in [1.165, 1.54) is 5.56 Å². The highest BCUT2D eigenvalue weighted by Gasteiger charge is 2.38. The number of hydrogen-bond acceptors (Lipinski definition) is 5. The Kier molecular flexibility index (Phi) is 6.08. The zero-order chi connectivity index (χ0) is 20.4. The van der Waals surface area contributed by atoms with Crippen LogP contribution in [0, 0.1) is 0 Å². The first-order valence-corrected chi connectivity index (χ1v) is 11.6. The minimum Gasteiger partial charge on any atom is -0.390 e. The second-order valence-corrected chi connectivity index (χ2v) is 9.93. The van der Waals surface area contributed by atoms with Gasteiger partial charge < -0.3 is 5.11 Å². The van der Waals surface area contributed by atoms with Gasteiger partial charge in [0.25, 0.3) is 0 Å². The van der Waals surface area contributed by atoms with Crippen LogP contribution in [0.25, 0.3) is 0 Å². The van der Waals surface area contributed by atoms with E-state index in [1.54, 1.807) is 16.4 Å². The normalized spacial score (nSPS) is 24.7. The zero-order valence-corrected chi connectivity index (χ0v) is 17.6. The predicted octanol–water partition coefficient (Wildman–Crippen LogP) is -0.503. The third kappa shape index (κ3) is 4.41. The van der Waals surface area contributed by atoms with E-state index < -0.39 is 16.1 Å². The molecule has 2 heterocycles. The molecule has 0 radical (unpaired) electrons. The standard InChI is InChI=1S/C21H28BN3O3S/c22-18-8-4-5-9-21(18)29(27,28)25-12-10-24(11-13-25)19-15-23(16-20(19)26)14-17-6-2-1-3-7-17/h1-9,19-20,26H,10-16,22H2/t19-,20-/m1/s1. The van der Waals surface area contributed by atoms with Gasteiger partial charge in [-0.2, -0.15) is 4.31 Å². The second kappa shape index (κ2) is 8.57. The van der Waals surface area contributed by atoms with Gasteiger partial charge in [-0.15, -0.1) is 0 Å². The van der Waals surface area contributed by atoms with Gasteiger partial charge >= 0.3 is 0 Å². The number of piperazine rings is 1. The molecule has 2 aliphatic rings. The van der Waals surface area contributed by atoms with Crippen molar-refractivity contribution in [1.82, 2.24) is 14.1 Å². The highest BCUT2D eigenvalue weighted by Crippen LogP contribution is 2.22. The van der Waals surface area contributed by atoms with E-state index in [1.807, 2.05) is 38.2 Å². The fourth-order valence-corrected chi connectivity index (χ4v) is 6.08. The Morgan fingerprint density at radius 1 is 0.931 bits per heavy atom. The molecule has 2 atom stereocenters. The molecule has 6 nitrogen and oxygen atoms in total. The number of sulfonamides is 1. The second-order valence-electron chi connectivity index (χ2n) is 8.02. The molecule has 0 unspecified atom stereocenters. The Hall–Kier alpha value is -1.71. The molecule has 0 aromatic heterocycles. The summed E-state index contributed by atoms with van der Waals surface area (Å²) < 4.78 is 27.6. The van der Waals surface area contributed by atoms with Crippen molar-refractivity contribution >= 4 is 23.3 Å². The van der Waals surface area contributed by atoms with Gasteiger partial charge in [-0.1, -0.05) is 54.0 Å². The van der Waals surface area contributed by atoms with Crippen molar-refractivity contribution in [3.05, 3.63) is 60.2 Å². The fraction of sp³-hybridized carbons (Fsp3) is 0.429. The van der Waals surface area contributed by atoms with Gasteiger partial charge in [-0.25, -0.2) is 8.42 Å². The maximum Gasteiger partial charge on any atom is 0.242 e. The van der Waals surface area contributed by atoms with E-state index >= 15 is 0 Å². The lowest BCUT2D eigenvalue weighted by molar-refractivity contribution is 0.0618. The third-order valence-electron chi connectivity index (χ3n) is 6.04. The Labute approximate surface area is 174 Å². The summed E-state index contributed by atoms with van der Waals surface area (Å²) in [6, 6.07) is 17.5. The Bertz CT molecular complexity index is 933. The van der Waals surface area contributed by atoms with E-state index in [-0.39, 0.29) is 6.04 Å². The quantitative estimate of drug-likeness (QED) is 0.670. The van der Waals surface area contributed by atoms with Crippen LogP contribution < -0.4 is 5.46 Å². The van der Waals surface area contributed by atoms with Crippen molar-refractivity contribution < 1.29 is 13.5 Å². The van der Waals surface area contributed by atoms with Crippen molar-refractivity contribution in [2.45, 2.75) is 23.6 Å². The molecular formula is C21H28BN3O3S. The summed E-state index contributed by atoms with van der Waals surface area (Å²) in [6.07, 6.45) is -0.404. The summed E-state index contributed by atoms with van der Waals surface area (Å²) in [5, 5.41) is 10.6. The van der Waals surface area contributed by atoms with Gasteiger partial charge in [-0.05, 0) is 11.6 Å². The molecule has 0 aliphatic carbocycles. The van der Waals surface area contributed by atoms with Gasteiger partial charge in [-0.3, -0.25) is 9.80 Å². The largest absolute Gasteiger partial charge is 0.390 e. The lowest BCUT2D eigenvalue weighted by Crippen LogP contribution is -2.55. The van der Waals surface area contributed by atoms with E-state index in [0.29, 0.717) is 37.6 Å². The molecular weight excluding hydrogens is 385 g/mol. The van der Waals surface area contributed by atoms with Crippen LogP contribution in [0.1, 0.15) is 5.56 Å². The van der Waals surface area contributed by atoms with E-state index in [0.717, 1.165) is 18.6 Å². The number of benzene rings is 2. The van der Waals surface area contributed by atoms with Gasteiger partial charge in [0, 0.05) is 51.9 Å². The molecule has 2 aromatic rings. The van der Waals surface area contributed by atoms with E-state index in [2.05, 4.69) is 21.9 Å². The van der Waals surface area contributed by atoms with Crippen LogP contribution in [0.4, 0.5) is 0 Å². The van der Waals surface area contributed by atoms with Crippen LogP contribution in [0.5, 0.6) is 0 Å². The average molecular weight is 413 g/mol. The summed E-state index contributed by atoms with van der Waals surface area (Å²) in [7, 11) is -1.64. The molecule has 0 spiro atoms. The topological polar surface area (TPSA) is 64.1 Å². The molecule has 154 valence electrons. The number of aliphatic hydroxyl groups is 1. The lowest BCUT2D eigenvalue weighted by Gasteiger charge is -2.38. The molecule has 2 fully saturated rings. The molecule has 0 amide bonds. The molecule has 1 N–H and O–H groups in total. The number of aliphatic hydroxyl groups excluding tert-OH is 1. The van der Waals surface area contributed by atoms with Crippen LogP contribution in [0.3, 0.4) is 0 Å². The molecule has 8 heteroatoms.